The number of nitrogens with one attached hydrogen (secondary N) is 2. The first-order chi connectivity index (χ1) is 19.5. The van der Waals surface area contributed by atoms with Crippen molar-refractivity contribution in [3.05, 3.63) is 114 Å². The molecule has 2 amide bonds. The fourth-order valence-electron chi connectivity index (χ4n) is 4.76. The van der Waals surface area contributed by atoms with E-state index in [4.69, 9.17) is 4.74 Å². The molecule has 0 atom stereocenters. The standard InChI is InChI=1S/C31H30FN5O3/c1-40-29-10-3-2-9-28(29)37-16-14-36(15-17-37)27-12-11-25(35-30(38)23-7-4-8-24(32)18-23)19-26(27)31(39)34-21-22-6-5-13-33-20-22/h2-13,18-20H,14-17,21H2,1H3,(H,34,39)(H,35,38). The fraction of sp³-hybridized carbons (Fsp3) is 0.194. The second-order valence-corrected chi connectivity index (χ2v) is 9.39. The lowest BCUT2D eigenvalue weighted by Crippen LogP contribution is -2.47. The van der Waals surface area contributed by atoms with E-state index in [0.29, 0.717) is 30.9 Å². The summed E-state index contributed by atoms with van der Waals surface area (Å²) in [5, 5.41) is 5.76. The van der Waals surface area contributed by atoms with E-state index in [0.717, 1.165) is 35.8 Å². The number of piperazine rings is 1. The molecule has 5 rings (SSSR count). The summed E-state index contributed by atoms with van der Waals surface area (Å²) in [5.74, 6) is -0.400. The van der Waals surface area contributed by atoms with Crippen molar-refractivity contribution in [3.63, 3.8) is 0 Å². The smallest absolute Gasteiger partial charge is 0.255 e. The normalized spacial score (nSPS) is 13.1. The van der Waals surface area contributed by atoms with Crippen molar-refractivity contribution >= 4 is 28.9 Å². The molecule has 0 bridgehead atoms. The van der Waals surface area contributed by atoms with Crippen molar-refractivity contribution in [2.24, 2.45) is 0 Å². The van der Waals surface area contributed by atoms with Gasteiger partial charge in [-0.05, 0) is 60.2 Å². The molecule has 0 aliphatic carbocycles. The van der Waals surface area contributed by atoms with Gasteiger partial charge in [0.15, 0.2) is 0 Å². The highest BCUT2D eigenvalue weighted by Crippen LogP contribution is 2.31. The van der Waals surface area contributed by atoms with Crippen LogP contribution in [0.2, 0.25) is 0 Å². The molecule has 0 radical (unpaired) electrons. The lowest BCUT2D eigenvalue weighted by Gasteiger charge is -2.38. The second kappa shape index (κ2) is 12.3. The number of amides is 2. The Hall–Kier alpha value is -4.92. The first-order valence-corrected chi connectivity index (χ1v) is 13.0. The Morgan fingerprint density at radius 1 is 0.875 bits per heavy atom. The van der Waals surface area contributed by atoms with Crippen LogP contribution in [0.4, 0.5) is 21.5 Å². The molecule has 2 heterocycles. The summed E-state index contributed by atoms with van der Waals surface area (Å²) in [7, 11) is 1.67. The molecule has 8 nitrogen and oxygen atoms in total. The van der Waals surface area contributed by atoms with E-state index >= 15 is 0 Å². The molecule has 9 heteroatoms. The molecule has 2 N–H and O–H groups in total. The average molecular weight is 540 g/mol. The van der Waals surface area contributed by atoms with Gasteiger partial charge in [0.1, 0.15) is 11.6 Å². The minimum Gasteiger partial charge on any atom is -0.495 e. The molecule has 40 heavy (non-hydrogen) atoms. The number of hydrogen-bond donors (Lipinski definition) is 2. The molecule has 3 aromatic carbocycles. The van der Waals surface area contributed by atoms with Crippen LogP contribution >= 0.6 is 0 Å². The number of hydrogen-bond acceptors (Lipinski definition) is 6. The van der Waals surface area contributed by atoms with Crippen LogP contribution in [0.15, 0.2) is 91.3 Å². The molecule has 1 aliphatic heterocycles. The third kappa shape index (κ3) is 6.20. The predicted octanol–water partition coefficient (Wildman–Crippen LogP) is 4.74. The van der Waals surface area contributed by atoms with Crippen molar-refractivity contribution in [1.82, 2.24) is 10.3 Å². The monoisotopic (exact) mass is 539 g/mol. The van der Waals surface area contributed by atoms with Crippen molar-refractivity contribution in [2.45, 2.75) is 6.54 Å². The Balaban J connectivity index is 1.37. The van der Waals surface area contributed by atoms with Crippen molar-refractivity contribution < 1.29 is 18.7 Å². The van der Waals surface area contributed by atoms with E-state index in [1.807, 2.05) is 42.5 Å². The minimum absolute atomic E-state index is 0.194. The van der Waals surface area contributed by atoms with Crippen LogP contribution in [0, 0.1) is 5.82 Å². The molecule has 0 saturated carbocycles. The zero-order valence-corrected chi connectivity index (χ0v) is 22.1. The van der Waals surface area contributed by atoms with Crippen molar-refractivity contribution in [3.8, 4) is 5.75 Å². The van der Waals surface area contributed by atoms with Crippen LogP contribution < -0.4 is 25.2 Å². The van der Waals surface area contributed by atoms with Gasteiger partial charge in [0.05, 0.1) is 18.4 Å². The summed E-state index contributed by atoms with van der Waals surface area (Å²) < 4.78 is 19.2. The molecule has 1 aliphatic rings. The Morgan fingerprint density at radius 2 is 1.65 bits per heavy atom. The molecule has 4 aromatic rings. The number of methoxy groups -OCH3 is 1. The van der Waals surface area contributed by atoms with E-state index in [9.17, 15) is 14.0 Å². The number of nitrogens with zero attached hydrogens (tertiary/aromatic N) is 3. The van der Waals surface area contributed by atoms with E-state index < -0.39 is 11.7 Å². The third-order valence-corrected chi connectivity index (χ3v) is 6.81. The first-order valence-electron chi connectivity index (χ1n) is 13.0. The lowest BCUT2D eigenvalue weighted by molar-refractivity contribution is 0.0950. The van der Waals surface area contributed by atoms with Gasteiger partial charge in [-0.1, -0.05) is 24.3 Å². The Labute approximate surface area is 232 Å². The SMILES string of the molecule is COc1ccccc1N1CCN(c2ccc(NC(=O)c3cccc(F)c3)cc2C(=O)NCc2cccnc2)CC1. The average Bonchev–Trinajstić information content (AvgIpc) is 3.00. The Morgan fingerprint density at radius 3 is 2.38 bits per heavy atom. The number of para-hydroxylation sites is 2. The number of carbonyl (C=O) groups excluding carboxylic acids is 2. The van der Waals surface area contributed by atoms with Gasteiger partial charge in [-0.2, -0.15) is 0 Å². The molecule has 1 fully saturated rings. The topological polar surface area (TPSA) is 86.8 Å². The lowest BCUT2D eigenvalue weighted by atomic mass is 10.1. The minimum atomic E-state index is -0.495. The van der Waals surface area contributed by atoms with E-state index in [2.05, 4.69) is 25.4 Å². The van der Waals surface area contributed by atoms with Gasteiger partial charge in [0, 0.05) is 62.1 Å². The molecule has 0 unspecified atom stereocenters. The van der Waals surface area contributed by atoms with Crippen LogP contribution in [0.3, 0.4) is 0 Å². The number of carbonyl (C=O) groups is 2. The quantitative estimate of drug-likeness (QED) is 0.337. The zero-order chi connectivity index (χ0) is 27.9. The van der Waals surface area contributed by atoms with E-state index in [-0.39, 0.29) is 11.5 Å². The highest BCUT2D eigenvalue weighted by molar-refractivity contribution is 6.06. The summed E-state index contributed by atoms with van der Waals surface area (Å²) in [6.07, 6.45) is 3.38. The molecule has 1 aromatic heterocycles. The van der Waals surface area contributed by atoms with Gasteiger partial charge < -0.3 is 25.2 Å². The zero-order valence-electron chi connectivity index (χ0n) is 22.1. The van der Waals surface area contributed by atoms with Gasteiger partial charge in [-0.15, -0.1) is 0 Å². The van der Waals surface area contributed by atoms with Gasteiger partial charge in [0.25, 0.3) is 11.8 Å². The summed E-state index contributed by atoms with van der Waals surface area (Å²) in [6.45, 7) is 3.18. The highest BCUT2D eigenvalue weighted by atomic mass is 19.1. The maximum absolute atomic E-state index is 13.6. The summed E-state index contributed by atoms with van der Waals surface area (Å²) in [6, 6.07) is 22.4. The van der Waals surface area contributed by atoms with Crippen LogP contribution in [0.5, 0.6) is 5.75 Å². The van der Waals surface area contributed by atoms with Crippen molar-refractivity contribution in [2.75, 3.05) is 48.4 Å². The number of pyridine rings is 1. The highest BCUT2D eigenvalue weighted by Gasteiger charge is 2.24. The molecule has 1 saturated heterocycles. The predicted molar refractivity (Wildman–Crippen MR) is 154 cm³/mol. The Kier molecular flexibility index (Phi) is 8.20. The maximum atomic E-state index is 13.6. The second-order valence-electron chi connectivity index (χ2n) is 9.39. The number of benzene rings is 3. The van der Waals surface area contributed by atoms with E-state index in [1.165, 1.54) is 24.3 Å². The first kappa shape index (κ1) is 26.7. The number of aromatic nitrogens is 1. The van der Waals surface area contributed by atoms with Crippen LogP contribution in [0.25, 0.3) is 0 Å². The Bertz CT molecular complexity index is 1490. The van der Waals surface area contributed by atoms with Crippen LogP contribution in [-0.4, -0.2) is 50.1 Å². The van der Waals surface area contributed by atoms with Gasteiger partial charge >= 0.3 is 0 Å². The van der Waals surface area contributed by atoms with Gasteiger partial charge in [0.2, 0.25) is 0 Å². The number of anilines is 3. The number of halogens is 1. The van der Waals surface area contributed by atoms with Crippen LogP contribution in [0.1, 0.15) is 26.3 Å². The maximum Gasteiger partial charge on any atom is 0.255 e. The summed E-state index contributed by atoms with van der Waals surface area (Å²) >= 11 is 0. The molecule has 204 valence electrons. The van der Waals surface area contributed by atoms with Crippen LogP contribution in [-0.2, 0) is 6.54 Å². The fourth-order valence-corrected chi connectivity index (χ4v) is 4.76. The summed E-state index contributed by atoms with van der Waals surface area (Å²) in [5.41, 5.74) is 3.75. The number of ether oxygens (including phenoxy) is 1. The molecule has 0 spiro atoms. The third-order valence-electron chi connectivity index (χ3n) is 6.81. The van der Waals surface area contributed by atoms with E-state index in [1.54, 1.807) is 31.6 Å². The largest absolute Gasteiger partial charge is 0.495 e. The van der Waals surface area contributed by atoms with Gasteiger partial charge in [-0.3, -0.25) is 14.6 Å². The summed E-state index contributed by atoms with van der Waals surface area (Å²) in [4.78, 5) is 34.8. The molecular weight excluding hydrogens is 509 g/mol. The number of rotatable bonds is 8. The van der Waals surface area contributed by atoms with Crippen molar-refractivity contribution in [1.29, 1.82) is 0 Å². The molecular formula is C31H30FN5O3. The van der Waals surface area contributed by atoms with Gasteiger partial charge in [-0.25, -0.2) is 4.39 Å².